The van der Waals surface area contributed by atoms with Gasteiger partial charge >= 0.3 is 16.4 Å². The van der Waals surface area contributed by atoms with E-state index in [1.54, 1.807) is 42.5 Å². The number of benzene rings is 1. The van der Waals surface area contributed by atoms with Crippen LogP contribution < -0.4 is 10.1 Å². The number of allylic oxidation sites excluding steroid dienone is 2. The first-order valence-electron chi connectivity index (χ1n) is 17.3. The molecule has 0 spiro atoms. The molecule has 9 unspecified atom stereocenters. The van der Waals surface area contributed by atoms with Crippen molar-refractivity contribution in [2.45, 2.75) is 110 Å². The zero-order chi connectivity index (χ0) is 34.3. The number of amides is 1. The molecule has 1 aromatic carbocycles. The van der Waals surface area contributed by atoms with Crippen molar-refractivity contribution in [1.29, 1.82) is 0 Å². The molecule has 9 nitrogen and oxygen atoms in total. The van der Waals surface area contributed by atoms with E-state index in [0.717, 1.165) is 51.4 Å². The number of carbonyl (C=O) groups is 2. The summed E-state index contributed by atoms with van der Waals surface area (Å²) in [6, 6.07) is 5.47. The average Bonchev–Trinajstić information content (AvgIpc) is 3.38. The third kappa shape index (κ3) is 7.20. The van der Waals surface area contributed by atoms with Crippen LogP contribution in [0.5, 0.6) is 5.75 Å². The molecule has 1 aromatic rings. The van der Waals surface area contributed by atoms with Crippen LogP contribution in [0.3, 0.4) is 0 Å². The van der Waals surface area contributed by atoms with Gasteiger partial charge in [-0.1, -0.05) is 57.6 Å². The van der Waals surface area contributed by atoms with Crippen LogP contribution in [-0.2, 0) is 24.2 Å². The van der Waals surface area contributed by atoms with Crippen molar-refractivity contribution in [2.75, 3.05) is 7.11 Å². The fourth-order valence-corrected chi connectivity index (χ4v) is 10.6. The molecule has 0 saturated heterocycles. The van der Waals surface area contributed by atoms with E-state index in [9.17, 15) is 27.7 Å². The molecular formula is C37H53NO8S. The fraction of sp³-hybridized carbons (Fsp3) is 0.676. The molecule has 3 fully saturated rings. The summed E-state index contributed by atoms with van der Waals surface area (Å²) < 4.78 is 42.2. The minimum atomic E-state index is -4.44. The minimum Gasteiger partial charge on any atom is -0.497 e. The van der Waals surface area contributed by atoms with Gasteiger partial charge in [0.15, 0.2) is 6.04 Å². The molecular weight excluding hydrogens is 618 g/mol. The lowest BCUT2D eigenvalue weighted by molar-refractivity contribution is -0.141. The van der Waals surface area contributed by atoms with E-state index < -0.39 is 34.4 Å². The van der Waals surface area contributed by atoms with Crippen molar-refractivity contribution >= 4 is 22.3 Å². The monoisotopic (exact) mass is 671 g/mol. The Morgan fingerprint density at radius 3 is 2.38 bits per heavy atom. The molecule has 9 atom stereocenters. The molecule has 4 aliphatic rings. The second-order valence-electron chi connectivity index (χ2n) is 15.3. The van der Waals surface area contributed by atoms with E-state index in [4.69, 9.17) is 8.92 Å². The smallest absolute Gasteiger partial charge is 0.397 e. The zero-order valence-electron chi connectivity index (χ0n) is 28.6. The number of hydrogen-bond donors (Lipinski definition) is 3. The molecule has 10 heteroatoms. The SMILES string of the molecule is C=C(C(=O)NC(C(=O)O)c1ccc(OC)cc1)C(C)CCC(C)C1CCC2=C3CCC4CC(OS(=O)(=O)O)CCC4(C)C3CCC21C. The summed E-state index contributed by atoms with van der Waals surface area (Å²) in [6.07, 6.45) is 10.3. The van der Waals surface area contributed by atoms with Crippen molar-refractivity contribution in [2.24, 2.45) is 40.4 Å². The molecule has 0 radical (unpaired) electrons. The first kappa shape index (κ1) is 35.6. The third-order valence-electron chi connectivity index (χ3n) is 12.9. The maximum absolute atomic E-state index is 13.1. The number of aliphatic carboxylic acids is 1. The molecule has 47 heavy (non-hydrogen) atoms. The Labute approximate surface area is 280 Å². The van der Waals surface area contributed by atoms with E-state index in [1.165, 1.54) is 6.42 Å². The van der Waals surface area contributed by atoms with Gasteiger partial charge in [0.1, 0.15) is 5.75 Å². The Morgan fingerprint density at radius 2 is 1.74 bits per heavy atom. The molecule has 5 rings (SSSR count). The molecule has 0 heterocycles. The van der Waals surface area contributed by atoms with Gasteiger partial charge in [-0.15, -0.1) is 0 Å². The van der Waals surface area contributed by atoms with Crippen LogP contribution in [-0.4, -0.2) is 43.2 Å². The normalized spacial score (nSPS) is 32.3. The van der Waals surface area contributed by atoms with Crippen molar-refractivity contribution in [3.05, 3.63) is 53.1 Å². The van der Waals surface area contributed by atoms with Gasteiger partial charge in [-0.2, -0.15) is 8.42 Å². The Morgan fingerprint density at radius 1 is 1.04 bits per heavy atom. The van der Waals surface area contributed by atoms with E-state index in [0.29, 0.717) is 53.4 Å². The Hall–Kier alpha value is -2.69. The zero-order valence-corrected chi connectivity index (χ0v) is 29.4. The van der Waals surface area contributed by atoms with Gasteiger partial charge in [0.25, 0.3) is 0 Å². The van der Waals surface area contributed by atoms with Gasteiger partial charge in [-0.25, -0.2) is 8.98 Å². The molecule has 0 aliphatic heterocycles. The number of nitrogens with one attached hydrogen (secondary N) is 1. The third-order valence-corrected chi connectivity index (χ3v) is 13.4. The van der Waals surface area contributed by atoms with Crippen LogP contribution in [0.4, 0.5) is 0 Å². The van der Waals surface area contributed by atoms with Gasteiger partial charge < -0.3 is 15.2 Å². The van der Waals surface area contributed by atoms with Crippen LogP contribution in [0, 0.1) is 40.4 Å². The van der Waals surface area contributed by atoms with Crippen LogP contribution in [0.25, 0.3) is 0 Å². The largest absolute Gasteiger partial charge is 0.497 e. The Kier molecular flexibility index (Phi) is 10.4. The first-order valence-corrected chi connectivity index (χ1v) is 18.7. The fourth-order valence-electron chi connectivity index (χ4n) is 10.1. The van der Waals surface area contributed by atoms with Gasteiger partial charge in [-0.3, -0.25) is 9.35 Å². The van der Waals surface area contributed by atoms with E-state index in [1.807, 2.05) is 6.92 Å². The minimum absolute atomic E-state index is 0.0827. The highest BCUT2D eigenvalue weighted by molar-refractivity contribution is 7.80. The van der Waals surface area contributed by atoms with Crippen LogP contribution in [0.15, 0.2) is 47.6 Å². The number of carbonyl (C=O) groups excluding carboxylic acids is 1. The molecule has 4 aliphatic carbocycles. The molecule has 0 aromatic heterocycles. The molecule has 3 saturated carbocycles. The number of methoxy groups -OCH3 is 1. The summed E-state index contributed by atoms with van der Waals surface area (Å²) in [5.41, 5.74) is 4.52. The number of carboxylic acids is 1. The summed E-state index contributed by atoms with van der Waals surface area (Å²) >= 11 is 0. The van der Waals surface area contributed by atoms with Crippen molar-refractivity contribution < 1.29 is 36.6 Å². The standard InChI is InChI=1S/C37H53NO8S/c1-22(24(3)34(39)38-33(35(40)41)25-9-12-27(45-6)13-10-25)7-8-23(2)30-15-16-31-29-14-11-26-21-28(46-47(42,43)44)17-19-36(26,4)32(29)18-20-37(30,31)5/h9-10,12-13,22-23,26,28,30,32-33H,3,7-8,11,14-21H2,1-2,4-6H3,(H,38,39)(H,40,41)(H,42,43,44). The van der Waals surface area contributed by atoms with Crippen LogP contribution >= 0.6 is 0 Å². The summed E-state index contributed by atoms with van der Waals surface area (Å²) in [6.45, 7) is 13.3. The quantitative estimate of drug-likeness (QED) is 0.118. The average molecular weight is 672 g/mol. The van der Waals surface area contributed by atoms with Gasteiger partial charge in [0.2, 0.25) is 5.91 Å². The Bertz CT molecular complexity index is 1500. The van der Waals surface area contributed by atoms with Crippen molar-refractivity contribution in [3.8, 4) is 5.75 Å². The second kappa shape index (κ2) is 13.7. The highest BCUT2D eigenvalue weighted by Crippen LogP contribution is 2.66. The van der Waals surface area contributed by atoms with Crippen LogP contribution in [0.1, 0.15) is 110 Å². The predicted molar refractivity (Wildman–Crippen MR) is 180 cm³/mol. The first-order chi connectivity index (χ1) is 22.1. The lowest BCUT2D eigenvalue weighted by Crippen LogP contribution is -2.48. The van der Waals surface area contributed by atoms with Gasteiger partial charge in [-0.05, 0) is 129 Å². The molecule has 260 valence electrons. The number of fused-ring (bicyclic) bond motifs is 4. The number of ether oxygens (including phenoxy) is 1. The van der Waals surface area contributed by atoms with E-state index in [-0.39, 0.29) is 16.7 Å². The number of carboxylic acid groups (broad SMARTS) is 1. The number of rotatable bonds is 12. The number of hydrogen-bond acceptors (Lipinski definition) is 6. The van der Waals surface area contributed by atoms with E-state index in [2.05, 4.69) is 32.7 Å². The second-order valence-corrected chi connectivity index (χ2v) is 16.4. The Balaban J connectivity index is 1.19. The maximum Gasteiger partial charge on any atom is 0.397 e. The summed E-state index contributed by atoms with van der Waals surface area (Å²) in [4.78, 5) is 25.1. The highest BCUT2D eigenvalue weighted by atomic mass is 32.3. The molecule has 0 bridgehead atoms. The molecule has 1 amide bonds. The molecule has 3 N–H and O–H groups in total. The lowest BCUT2D eigenvalue weighted by atomic mass is 9.49. The summed E-state index contributed by atoms with van der Waals surface area (Å²) in [5.74, 6) is 0.920. The lowest BCUT2D eigenvalue weighted by Gasteiger charge is -2.57. The van der Waals surface area contributed by atoms with Crippen molar-refractivity contribution in [3.63, 3.8) is 0 Å². The topological polar surface area (TPSA) is 139 Å². The van der Waals surface area contributed by atoms with Crippen LogP contribution in [0.2, 0.25) is 0 Å². The predicted octanol–water partition coefficient (Wildman–Crippen LogP) is 7.46. The maximum atomic E-state index is 13.1. The van der Waals surface area contributed by atoms with Crippen molar-refractivity contribution in [1.82, 2.24) is 5.32 Å². The van der Waals surface area contributed by atoms with Gasteiger partial charge in [0.05, 0.1) is 13.2 Å². The summed E-state index contributed by atoms with van der Waals surface area (Å²) in [7, 11) is -2.90. The highest BCUT2D eigenvalue weighted by Gasteiger charge is 2.56. The van der Waals surface area contributed by atoms with Gasteiger partial charge in [0, 0.05) is 5.57 Å². The van der Waals surface area contributed by atoms with E-state index >= 15 is 0 Å². The summed E-state index contributed by atoms with van der Waals surface area (Å²) in [5, 5.41) is 12.5.